The third-order valence-corrected chi connectivity index (χ3v) is 6.10. The molecule has 1 aromatic heterocycles. The molecule has 0 bridgehead atoms. The number of aromatic nitrogens is 1. The van der Waals surface area contributed by atoms with Crippen LogP contribution in [0.5, 0.6) is 11.5 Å². The van der Waals surface area contributed by atoms with Crippen molar-refractivity contribution in [3.63, 3.8) is 0 Å². The maximum atomic E-state index is 10.8. The SMILES string of the molecule is COc1ccc(OC)c(NC[C@H](O)Cn2c3ccc(Br)cc3c3cc(Br)ccc32)c1. The Hall–Kier alpha value is -2.22. The molecule has 156 valence electrons. The highest BCUT2D eigenvalue weighted by atomic mass is 79.9. The smallest absolute Gasteiger partial charge is 0.142 e. The lowest BCUT2D eigenvalue weighted by molar-refractivity contribution is 0.169. The van der Waals surface area contributed by atoms with E-state index >= 15 is 0 Å². The summed E-state index contributed by atoms with van der Waals surface area (Å²) in [6.07, 6.45) is -0.605. The summed E-state index contributed by atoms with van der Waals surface area (Å²) in [7, 11) is 3.25. The van der Waals surface area contributed by atoms with Crippen LogP contribution in [0, 0.1) is 0 Å². The number of nitrogens with zero attached hydrogens (tertiary/aromatic N) is 1. The minimum Gasteiger partial charge on any atom is -0.497 e. The zero-order valence-corrected chi connectivity index (χ0v) is 19.8. The van der Waals surface area contributed by atoms with Crippen LogP contribution in [0.4, 0.5) is 5.69 Å². The number of anilines is 1. The first-order chi connectivity index (χ1) is 14.5. The normalized spacial score (nSPS) is 12.3. The topological polar surface area (TPSA) is 55.6 Å². The Balaban J connectivity index is 1.61. The molecule has 0 radical (unpaired) electrons. The van der Waals surface area contributed by atoms with Crippen LogP contribution < -0.4 is 14.8 Å². The van der Waals surface area contributed by atoms with E-state index in [1.807, 2.05) is 30.3 Å². The van der Waals surface area contributed by atoms with Gasteiger partial charge in [0.2, 0.25) is 0 Å². The molecule has 4 rings (SSSR count). The van der Waals surface area contributed by atoms with Crippen molar-refractivity contribution in [3.8, 4) is 11.5 Å². The first-order valence-corrected chi connectivity index (χ1v) is 11.1. The Morgan fingerprint density at radius 2 is 1.53 bits per heavy atom. The fourth-order valence-electron chi connectivity index (χ4n) is 3.70. The molecule has 0 aliphatic rings. The molecule has 3 aromatic carbocycles. The Kier molecular flexibility index (Phi) is 6.22. The van der Waals surface area contributed by atoms with Gasteiger partial charge in [0.1, 0.15) is 11.5 Å². The Bertz CT molecular complexity index is 1150. The second kappa shape index (κ2) is 8.88. The van der Waals surface area contributed by atoms with Gasteiger partial charge in [0.15, 0.2) is 0 Å². The molecule has 2 N–H and O–H groups in total. The lowest BCUT2D eigenvalue weighted by atomic mass is 10.2. The van der Waals surface area contributed by atoms with E-state index in [4.69, 9.17) is 9.47 Å². The summed E-state index contributed by atoms with van der Waals surface area (Å²) in [6.45, 7) is 0.834. The number of rotatable bonds is 7. The third kappa shape index (κ3) is 4.15. The first kappa shape index (κ1) is 21.0. The average Bonchev–Trinajstić information content (AvgIpc) is 3.04. The number of benzene rings is 3. The monoisotopic (exact) mass is 532 g/mol. The number of hydrogen-bond acceptors (Lipinski definition) is 4. The molecule has 30 heavy (non-hydrogen) atoms. The van der Waals surface area contributed by atoms with Crippen molar-refractivity contribution in [1.29, 1.82) is 0 Å². The van der Waals surface area contributed by atoms with E-state index in [1.54, 1.807) is 14.2 Å². The van der Waals surface area contributed by atoms with Crippen LogP contribution in [-0.2, 0) is 6.54 Å². The molecule has 1 heterocycles. The predicted molar refractivity (Wildman–Crippen MR) is 129 cm³/mol. The van der Waals surface area contributed by atoms with Gasteiger partial charge in [0.05, 0.1) is 32.6 Å². The van der Waals surface area contributed by atoms with Crippen molar-refractivity contribution >= 4 is 59.4 Å². The summed E-state index contributed by atoms with van der Waals surface area (Å²) in [5, 5.41) is 16.4. The molecule has 1 atom stereocenters. The number of aliphatic hydroxyl groups is 1. The van der Waals surface area contributed by atoms with E-state index < -0.39 is 6.10 Å². The van der Waals surface area contributed by atoms with Gasteiger partial charge in [-0.25, -0.2) is 0 Å². The molecule has 0 unspecified atom stereocenters. The minimum atomic E-state index is -0.605. The van der Waals surface area contributed by atoms with Gasteiger partial charge in [0.25, 0.3) is 0 Å². The van der Waals surface area contributed by atoms with Crippen molar-refractivity contribution in [1.82, 2.24) is 4.57 Å². The minimum absolute atomic E-state index is 0.373. The molecule has 7 heteroatoms. The lowest BCUT2D eigenvalue weighted by Gasteiger charge is -2.17. The third-order valence-electron chi connectivity index (χ3n) is 5.12. The zero-order valence-electron chi connectivity index (χ0n) is 16.7. The maximum absolute atomic E-state index is 10.8. The van der Waals surface area contributed by atoms with Gasteiger partial charge in [0, 0.05) is 43.4 Å². The molecule has 0 aliphatic carbocycles. The highest BCUT2D eigenvalue weighted by Crippen LogP contribution is 2.33. The van der Waals surface area contributed by atoms with Gasteiger partial charge in [-0.2, -0.15) is 0 Å². The van der Waals surface area contributed by atoms with Crippen molar-refractivity contribution < 1.29 is 14.6 Å². The Morgan fingerprint density at radius 3 is 2.10 bits per heavy atom. The van der Waals surface area contributed by atoms with Crippen molar-refractivity contribution in [2.24, 2.45) is 0 Å². The fourth-order valence-corrected chi connectivity index (χ4v) is 4.42. The Morgan fingerprint density at radius 1 is 0.900 bits per heavy atom. The quantitative estimate of drug-likeness (QED) is 0.315. The van der Waals surface area contributed by atoms with Crippen LogP contribution in [-0.4, -0.2) is 36.5 Å². The van der Waals surface area contributed by atoms with Gasteiger partial charge < -0.3 is 24.5 Å². The largest absolute Gasteiger partial charge is 0.497 e. The van der Waals surface area contributed by atoms with E-state index in [2.05, 4.69) is 66.0 Å². The highest BCUT2D eigenvalue weighted by molar-refractivity contribution is 9.10. The van der Waals surface area contributed by atoms with Gasteiger partial charge in [-0.15, -0.1) is 0 Å². The zero-order chi connectivity index (χ0) is 21.3. The van der Waals surface area contributed by atoms with Crippen molar-refractivity contribution in [2.45, 2.75) is 12.6 Å². The number of fused-ring (bicyclic) bond motifs is 3. The second-order valence-corrected chi connectivity index (χ2v) is 8.87. The second-order valence-electron chi connectivity index (χ2n) is 7.03. The number of halogens is 2. The summed E-state index contributed by atoms with van der Waals surface area (Å²) in [6, 6.07) is 18.0. The summed E-state index contributed by atoms with van der Waals surface area (Å²) in [5.41, 5.74) is 2.96. The molecular weight excluding hydrogens is 512 g/mol. The number of nitrogens with one attached hydrogen (secondary N) is 1. The predicted octanol–water partition coefficient (Wildman–Crippen LogP) is 5.81. The van der Waals surface area contributed by atoms with Crippen LogP contribution in [0.2, 0.25) is 0 Å². The Labute approximate surface area is 191 Å². The van der Waals surface area contributed by atoms with E-state index in [0.717, 1.165) is 42.2 Å². The number of methoxy groups -OCH3 is 2. The molecular formula is C23H22Br2N2O3. The van der Waals surface area contributed by atoms with Gasteiger partial charge >= 0.3 is 0 Å². The van der Waals surface area contributed by atoms with Crippen molar-refractivity contribution in [2.75, 3.05) is 26.1 Å². The maximum Gasteiger partial charge on any atom is 0.142 e. The van der Waals surface area contributed by atoms with E-state index in [9.17, 15) is 5.11 Å². The summed E-state index contributed by atoms with van der Waals surface area (Å²) < 4.78 is 14.9. The molecule has 0 spiro atoms. The van der Waals surface area contributed by atoms with Crippen LogP contribution in [0.3, 0.4) is 0 Å². The fraction of sp³-hybridized carbons (Fsp3) is 0.217. The van der Waals surface area contributed by atoms with Crippen LogP contribution in [0.15, 0.2) is 63.5 Å². The van der Waals surface area contributed by atoms with Gasteiger partial charge in [-0.05, 0) is 48.5 Å². The molecule has 0 fully saturated rings. The summed E-state index contributed by atoms with van der Waals surface area (Å²) in [5.74, 6) is 1.43. The average molecular weight is 534 g/mol. The van der Waals surface area contributed by atoms with E-state index in [1.165, 1.54) is 0 Å². The van der Waals surface area contributed by atoms with E-state index in [-0.39, 0.29) is 0 Å². The number of aliphatic hydroxyl groups excluding tert-OH is 1. The molecule has 0 aliphatic heterocycles. The summed E-state index contributed by atoms with van der Waals surface area (Å²) >= 11 is 7.14. The van der Waals surface area contributed by atoms with Crippen LogP contribution in [0.1, 0.15) is 0 Å². The molecule has 5 nitrogen and oxygen atoms in total. The molecule has 4 aromatic rings. The van der Waals surface area contributed by atoms with E-state index in [0.29, 0.717) is 18.8 Å². The first-order valence-electron chi connectivity index (χ1n) is 9.51. The van der Waals surface area contributed by atoms with Crippen molar-refractivity contribution in [3.05, 3.63) is 63.5 Å². The summed E-state index contributed by atoms with van der Waals surface area (Å²) in [4.78, 5) is 0. The van der Waals surface area contributed by atoms with Crippen LogP contribution in [0.25, 0.3) is 21.8 Å². The molecule has 0 saturated heterocycles. The lowest BCUT2D eigenvalue weighted by Crippen LogP contribution is -2.25. The standard InChI is InChI=1S/C23H22Br2N2O3/c1-29-17-5-8-23(30-2)20(11-17)26-12-16(28)13-27-21-6-3-14(24)9-18(21)19-10-15(25)4-7-22(19)27/h3-11,16,26,28H,12-13H2,1-2H3/t16-/m0/s1. The number of ether oxygens (including phenoxy) is 2. The molecule has 0 saturated carbocycles. The van der Waals surface area contributed by atoms with Gasteiger partial charge in [-0.1, -0.05) is 31.9 Å². The van der Waals surface area contributed by atoms with Crippen LogP contribution >= 0.6 is 31.9 Å². The highest BCUT2D eigenvalue weighted by Gasteiger charge is 2.15. The molecule has 0 amide bonds. The number of hydrogen-bond donors (Lipinski definition) is 2. The van der Waals surface area contributed by atoms with Gasteiger partial charge in [-0.3, -0.25) is 0 Å².